The topological polar surface area (TPSA) is 125 Å². The van der Waals surface area contributed by atoms with Crippen LogP contribution < -0.4 is 10.1 Å². The number of carbonyl (C=O) groups excluding carboxylic acids is 1. The fraction of sp³-hybridized carbons (Fsp3) is 0. The third-order valence-electron chi connectivity index (χ3n) is 3.06. The third-order valence-corrected chi connectivity index (χ3v) is 3.06. The molecule has 22 heavy (non-hydrogen) atoms. The van der Waals surface area contributed by atoms with Crippen LogP contribution in [0.25, 0.3) is 0 Å². The molecule has 0 atom stereocenters. The summed E-state index contributed by atoms with van der Waals surface area (Å²) >= 11 is 0. The van der Waals surface area contributed by atoms with E-state index in [0.29, 0.717) is 5.69 Å². The van der Waals surface area contributed by atoms with E-state index in [-0.39, 0.29) is 17.1 Å². The van der Waals surface area contributed by atoms with Gasteiger partial charge in [-0.05, 0) is 12.1 Å². The smallest absolute Gasteiger partial charge is 0.292 e. The lowest BCUT2D eigenvalue weighted by Gasteiger charge is -2.07. The average Bonchev–Trinajstić information content (AvgIpc) is 2.61. The van der Waals surface area contributed by atoms with E-state index in [4.69, 9.17) is 4.74 Å². The number of carbonyl (C=O) groups is 1. The molecule has 9 heteroatoms. The van der Waals surface area contributed by atoms with Gasteiger partial charge >= 0.3 is 0 Å². The second-order valence-electron chi connectivity index (χ2n) is 4.40. The van der Waals surface area contributed by atoms with Crippen LogP contribution in [0.4, 0.5) is 17.1 Å². The van der Waals surface area contributed by atoms with Crippen LogP contribution in [-0.4, -0.2) is 15.8 Å². The molecule has 0 radical (unpaired) electrons. The second kappa shape index (κ2) is 4.81. The predicted octanol–water partition coefficient (Wildman–Crippen LogP) is 2.86. The first kappa shape index (κ1) is 13.5. The van der Waals surface area contributed by atoms with Gasteiger partial charge in [0.1, 0.15) is 0 Å². The van der Waals surface area contributed by atoms with Crippen LogP contribution in [0.1, 0.15) is 10.4 Å². The van der Waals surface area contributed by atoms with Gasteiger partial charge in [0.15, 0.2) is 17.1 Å². The number of benzene rings is 2. The molecule has 0 aromatic heterocycles. The minimum Gasteiger partial charge on any atom is -0.454 e. The van der Waals surface area contributed by atoms with Crippen molar-refractivity contribution in [2.24, 2.45) is 0 Å². The number of hydrogen-bond donors (Lipinski definition) is 1. The second-order valence-corrected chi connectivity index (χ2v) is 4.40. The minimum absolute atomic E-state index is 0.233. The van der Waals surface area contributed by atoms with Crippen molar-refractivity contribution in [1.82, 2.24) is 0 Å². The first-order valence-corrected chi connectivity index (χ1v) is 6.02. The van der Waals surface area contributed by atoms with Gasteiger partial charge in [0.2, 0.25) is 0 Å². The Labute approximate surface area is 122 Å². The molecule has 0 spiro atoms. The molecule has 1 heterocycles. The Hall–Kier alpha value is -3.49. The molecule has 1 aliphatic rings. The van der Waals surface area contributed by atoms with Crippen molar-refractivity contribution < 1.29 is 19.4 Å². The van der Waals surface area contributed by atoms with Crippen LogP contribution in [0.15, 0.2) is 36.4 Å². The number of nitrogens with one attached hydrogen (secondary N) is 1. The molecule has 0 saturated heterocycles. The SMILES string of the molecule is O=C1Nc2ccccc2Oc2cc([N+](=O)[O-])cc([N+](=O)[O-])c21. The summed E-state index contributed by atoms with van der Waals surface area (Å²) in [5.41, 5.74) is -1.25. The summed E-state index contributed by atoms with van der Waals surface area (Å²) < 4.78 is 5.46. The molecule has 9 nitrogen and oxygen atoms in total. The fourth-order valence-corrected chi connectivity index (χ4v) is 2.11. The molecule has 1 aliphatic heterocycles. The van der Waals surface area contributed by atoms with Crippen molar-refractivity contribution in [2.45, 2.75) is 0 Å². The van der Waals surface area contributed by atoms with Gasteiger partial charge in [0.25, 0.3) is 17.3 Å². The molecule has 2 aromatic carbocycles. The molecule has 0 fully saturated rings. The standard InChI is InChI=1S/C13H7N3O6/c17-13-12-9(16(20)21)5-7(15(18)19)6-11(12)22-10-4-2-1-3-8(10)14-13/h1-6H,(H,14,17). The number of nitrogens with zero attached hydrogens (tertiary/aromatic N) is 2. The molecular formula is C13H7N3O6. The van der Waals surface area contributed by atoms with E-state index in [2.05, 4.69) is 5.32 Å². The maximum atomic E-state index is 12.2. The number of para-hydroxylation sites is 2. The summed E-state index contributed by atoms with van der Waals surface area (Å²) in [4.78, 5) is 32.6. The number of amides is 1. The van der Waals surface area contributed by atoms with Gasteiger partial charge in [0.05, 0.1) is 27.7 Å². The van der Waals surface area contributed by atoms with Crippen LogP contribution in [0.3, 0.4) is 0 Å². The van der Waals surface area contributed by atoms with Crippen molar-refractivity contribution in [1.29, 1.82) is 0 Å². The number of hydrogen-bond acceptors (Lipinski definition) is 6. The molecule has 0 saturated carbocycles. The van der Waals surface area contributed by atoms with Gasteiger partial charge < -0.3 is 10.1 Å². The number of anilines is 1. The summed E-state index contributed by atoms with van der Waals surface area (Å²) in [6.45, 7) is 0. The van der Waals surface area contributed by atoms with E-state index < -0.39 is 27.1 Å². The summed E-state index contributed by atoms with van der Waals surface area (Å²) in [5, 5.41) is 24.5. The van der Waals surface area contributed by atoms with Crippen LogP contribution in [0.5, 0.6) is 11.5 Å². The van der Waals surface area contributed by atoms with Crippen LogP contribution in [-0.2, 0) is 0 Å². The molecule has 110 valence electrons. The van der Waals surface area contributed by atoms with Crippen LogP contribution in [0.2, 0.25) is 0 Å². The molecule has 3 rings (SSSR count). The Morgan fingerprint density at radius 1 is 1.00 bits per heavy atom. The lowest BCUT2D eigenvalue weighted by Crippen LogP contribution is -2.13. The maximum absolute atomic E-state index is 12.2. The molecule has 2 aromatic rings. The number of non-ortho nitro benzene ring substituents is 1. The predicted molar refractivity (Wildman–Crippen MR) is 74.2 cm³/mol. The van der Waals surface area contributed by atoms with Crippen molar-refractivity contribution >= 4 is 23.0 Å². The van der Waals surface area contributed by atoms with E-state index in [1.165, 1.54) is 6.07 Å². The highest BCUT2D eigenvalue weighted by molar-refractivity contribution is 6.11. The highest BCUT2D eigenvalue weighted by atomic mass is 16.6. The highest BCUT2D eigenvalue weighted by Gasteiger charge is 2.32. The largest absolute Gasteiger partial charge is 0.454 e. The van der Waals surface area contributed by atoms with Crippen molar-refractivity contribution in [2.75, 3.05) is 5.32 Å². The number of rotatable bonds is 2. The molecule has 0 aliphatic carbocycles. The Morgan fingerprint density at radius 3 is 2.41 bits per heavy atom. The summed E-state index contributed by atoms with van der Waals surface area (Å²) in [6, 6.07) is 8.10. The Morgan fingerprint density at radius 2 is 1.73 bits per heavy atom. The average molecular weight is 301 g/mol. The maximum Gasteiger partial charge on any atom is 0.292 e. The molecular weight excluding hydrogens is 294 g/mol. The molecule has 1 amide bonds. The van der Waals surface area contributed by atoms with Gasteiger partial charge in [-0.3, -0.25) is 25.0 Å². The Bertz CT molecular complexity index is 833. The van der Waals surface area contributed by atoms with Crippen molar-refractivity contribution in [3.63, 3.8) is 0 Å². The van der Waals surface area contributed by atoms with Crippen molar-refractivity contribution in [3.05, 3.63) is 62.2 Å². The van der Waals surface area contributed by atoms with E-state index in [9.17, 15) is 25.0 Å². The molecule has 0 bridgehead atoms. The highest BCUT2D eigenvalue weighted by Crippen LogP contribution is 2.41. The van der Waals surface area contributed by atoms with Gasteiger partial charge in [0, 0.05) is 0 Å². The summed E-state index contributed by atoms with van der Waals surface area (Å²) in [6.07, 6.45) is 0. The number of fused-ring (bicyclic) bond motifs is 2. The zero-order valence-electron chi connectivity index (χ0n) is 10.8. The summed E-state index contributed by atoms with van der Waals surface area (Å²) in [7, 11) is 0. The fourth-order valence-electron chi connectivity index (χ4n) is 2.11. The van der Waals surface area contributed by atoms with Gasteiger partial charge in [-0.15, -0.1) is 0 Å². The van der Waals surface area contributed by atoms with Crippen LogP contribution >= 0.6 is 0 Å². The monoisotopic (exact) mass is 301 g/mol. The lowest BCUT2D eigenvalue weighted by molar-refractivity contribution is -0.394. The first-order valence-electron chi connectivity index (χ1n) is 6.02. The Balaban J connectivity index is 2.28. The van der Waals surface area contributed by atoms with Gasteiger partial charge in [-0.1, -0.05) is 12.1 Å². The molecule has 0 unspecified atom stereocenters. The zero-order valence-corrected chi connectivity index (χ0v) is 10.8. The summed E-state index contributed by atoms with van der Waals surface area (Å²) in [5.74, 6) is -0.755. The number of ether oxygens (including phenoxy) is 1. The quantitative estimate of drug-likeness (QED) is 0.671. The van der Waals surface area contributed by atoms with E-state index in [1.54, 1.807) is 18.2 Å². The van der Waals surface area contributed by atoms with Crippen molar-refractivity contribution in [3.8, 4) is 11.5 Å². The third kappa shape index (κ3) is 2.10. The van der Waals surface area contributed by atoms with E-state index >= 15 is 0 Å². The van der Waals surface area contributed by atoms with Crippen LogP contribution in [0, 0.1) is 20.2 Å². The lowest BCUT2D eigenvalue weighted by atomic mass is 10.1. The van der Waals surface area contributed by atoms with E-state index in [1.807, 2.05) is 0 Å². The zero-order chi connectivity index (χ0) is 15.9. The number of nitro groups is 2. The number of nitro benzene ring substituents is 2. The normalized spacial score (nSPS) is 12.3. The van der Waals surface area contributed by atoms with E-state index in [0.717, 1.165) is 12.1 Å². The minimum atomic E-state index is -0.856. The Kier molecular flexibility index (Phi) is 2.95. The molecule has 1 N–H and O–H groups in total. The van der Waals surface area contributed by atoms with Gasteiger partial charge in [-0.25, -0.2) is 0 Å². The van der Waals surface area contributed by atoms with Gasteiger partial charge in [-0.2, -0.15) is 0 Å². The first-order chi connectivity index (χ1) is 10.5.